The van der Waals surface area contributed by atoms with Gasteiger partial charge >= 0.3 is 0 Å². The number of amides is 2. The third-order valence-corrected chi connectivity index (χ3v) is 4.43. The highest BCUT2D eigenvalue weighted by molar-refractivity contribution is 5.79. The average molecular weight is 400 g/mol. The van der Waals surface area contributed by atoms with Crippen LogP contribution in [0.3, 0.4) is 0 Å². The van der Waals surface area contributed by atoms with Crippen LogP contribution in [0.2, 0.25) is 0 Å². The Balaban J connectivity index is 1.67. The van der Waals surface area contributed by atoms with Crippen LogP contribution in [-0.4, -0.2) is 45.7 Å². The molecular formula is C22H28N2O5. The fourth-order valence-electron chi connectivity index (χ4n) is 2.65. The van der Waals surface area contributed by atoms with Crippen LogP contribution < -0.4 is 24.8 Å². The van der Waals surface area contributed by atoms with Crippen LogP contribution in [0.4, 0.5) is 0 Å². The quantitative estimate of drug-likeness (QED) is 0.597. The molecule has 7 nitrogen and oxygen atoms in total. The van der Waals surface area contributed by atoms with E-state index in [-0.39, 0.29) is 24.8 Å². The second kappa shape index (κ2) is 10.9. The predicted octanol–water partition coefficient (Wildman–Crippen LogP) is 2.17. The van der Waals surface area contributed by atoms with Gasteiger partial charge in [0.25, 0.3) is 5.91 Å². The van der Waals surface area contributed by atoms with Crippen molar-refractivity contribution in [1.29, 1.82) is 0 Å². The molecule has 2 N–H and O–H groups in total. The SMILES string of the molecule is COc1ccc(CC(=O)NCCNC(=O)COc2ccc(C)c(C)c2)cc1OC. The van der Waals surface area contributed by atoms with Gasteiger partial charge in [0, 0.05) is 13.1 Å². The summed E-state index contributed by atoms with van der Waals surface area (Å²) in [6.45, 7) is 4.61. The molecule has 0 heterocycles. The lowest BCUT2D eigenvalue weighted by Gasteiger charge is -2.11. The summed E-state index contributed by atoms with van der Waals surface area (Å²) in [6.07, 6.45) is 0.212. The summed E-state index contributed by atoms with van der Waals surface area (Å²) in [7, 11) is 3.11. The molecule has 0 aliphatic heterocycles. The molecule has 0 radical (unpaired) electrons. The zero-order valence-electron chi connectivity index (χ0n) is 17.3. The molecule has 0 saturated heterocycles. The Bertz CT molecular complexity index is 851. The number of hydrogen-bond acceptors (Lipinski definition) is 5. The number of rotatable bonds is 10. The average Bonchev–Trinajstić information content (AvgIpc) is 2.72. The third kappa shape index (κ3) is 7.03. The van der Waals surface area contributed by atoms with E-state index in [9.17, 15) is 9.59 Å². The van der Waals surface area contributed by atoms with Gasteiger partial charge in [0.15, 0.2) is 18.1 Å². The lowest BCUT2D eigenvalue weighted by atomic mass is 10.1. The molecule has 2 rings (SSSR count). The fourth-order valence-corrected chi connectivity index (χ4v) is 2.65. The molecular weight excluding hydrogens is 372 g/mol. The number of carbonyl (C=O) groups is 2. The first-order valence-corrected chi connectivity index (χ1v) is 9.37. The Kier molecular flexibility index (Phi) is 8.33. The number of carbonyl (C=O) groups excluding carboxylic acids is 2. The van der Waals surface area contributed by atoms with Crippen LogP contribution in [0.5, 0.6) is 17.2 Å². The van der Waals surface area contributed by atoms with E-state index in [1.165, 1.54) is 5.56 Å². The number of aryl methyl sites for hydroxylation is 2. The molecule has 2 aromatic rings. The topological polar surface area (TPSA) is 85.9 Å². The second-order valence-corrected chi connectivity index (χ2v) is 6.60. The van der Waals surface area contributed by atoms with Crippen LogP contribution in [0, 0.1) is 13.8 Å². The Morgan fingerprint density at radius 3 is 2.17 bits per heavy atom. The molecule has 0 spiro atoms. The maximum absolute atomic E-state index is 12.1. The first-order valence-electron chi connectivity index (χ1n) is 9.37. The van der Waals surface area contributed by atoms with E-state index >= 15 is 0 Å². The summed E-state index contributed by atoms with van der Waals surface area (Å²) in [5.41, 5.74) is 3.09. The summed E-state index contributed by atoms with van der Waals surface area (Å²) < 4.78 is 15.9. The van der Waals surface area contributed by atoms with Crippen molar-refractivity contribution in [3.63, 3.8) is 0 Å². The molecule has 0 bridgehead atoms. The molecule has 0 atom stereocenters. The first kappa shape index (κ1) is 22.1. The highest BCUT2D eigenvalue weighted by Gasteiger charge is 2.09. The highest BCUT2D eigenvalue weighted by atomic mass is 16.5. The van der Waals surface area contributed by atoms with Gasteiger partial charge in [0.1, 0.15) is 5.75 Å². The van der Waals surface area contributed by atoms with Gasteiger partial charge in [-0.05, 0) is 54.8 Å². The van der Waals surface area contributed by atoms with Crippen LogP contribution >= 0.6 is 0 Å². The maximum atomic E-state index is 12.1. The molecule has 7 heteroatoms. The molecule has 0 aromatic heterocycles. The maximum Gasteiger partial charge on any atom is 0.258 e. The smallest absolute Gasteiger partial charge is 0.258 e. The van der Waals surface area contributed by atoms with Crippen molar-refractivity contribution in [3.05, 3.63) is 53.1 Å². The molecule has 2 amide bonds. The van der Waals surface area contributed by atoms with E-state index in [2.05, 4.69) is 10.6 Å². The van der Waals surface area contributed by atoms with E-state index in [1.807, 2.05) is 38.1 Å². The molecule has 29 heavy (non-hydrogen) atoms. The zero-order chi connectivity index (χ0) is 21.2. The van der Waals surface area contributed by atoms with Crippen LogP contribution in [-0.2, 0) is 16.0 Å². The Labute approximate surface area is 171 Å². The molecule has 156 valence electrons. The number of ether oxygens (including phenoxy) is 3. The van der Waals surface area contributed by atoms with E-state index in [0.717, 1.165) is 11.1 Å². The fraction of sp³-hybridized carbons (Fsp3) is 0.364. The predicted molar refractivity (Wildman–Crippen MR) is 111 cm³/mol. The summed E-state index contributed by atoms with van der Waals surface area (Å²) in [5.74, 6) is 1.47. The molecule has 0 saturated carbocycles. The van der Waals surface area contributed by atoms with Crippen LogP contribution in [0.25, 0.3) is 0 Å². The minimum Gasteiger partial charge on any atom is -0.493 e. The summed E-state index contributed by atoms with van der Waals surface area (Å²) in [6, 6.07) is 11.0. The van der Waals surface area contributed by atoms with Crippen molar-refractivity contribution in [2.24, 2.45) is 0 Å². The Hall–Kier alpha value is -3.22. The minimum atomic E-state index is -0.239. The zero-order valence-corrected chi connectivity index (χ0v) is 17.3. The van der Waals surface area contributed by atoms with E-state index in [1.54, 1.807) is 26.4 Å². The van der Waals surface area contributed by atoms with Gasteiger partial charge in [0.05, 0.1) is 20.6 Å². The summed E-state index contributed by atoms with van der Waals surface area (Å²) in [5, 5.41) is 5.49. The highest BCUT2D eigenvalue weighted by Crippen LogP contribution is 2.27. The third-order valence-electron chi connectivity index (χ3n) is 4.43. The number of nitrogens with one attached hydrogen (secondary N) is 2. The van der Waals surface area contributed by atoms with Crippen LogP contribution in [0.1, 0.15) is 16.7 Å². The Morgan fingerprint density at radius 2 is 1.52 bits per heavy atom. The first-order chi connectivity index (χ1) is 13.9. The molecule has 2 aromatic carbocycles. The number of methoxy groups -OCH3 is 2. The molecule has 0 aliphatic carbocycles. The van der Waals surface area contributed by atoms with Crippen LogP contribution in [0.15, 0.2) is 36.4 Å². The van der Waals surface area contributed by atoms with Gasteiger partial charge < -0.3 is 24.8 Å². The summed E-state index contributed by atoms with van der Waals surface area (Å²) >= 11 is 0. The van der Waals surface area contributed by atoms with E-state index < -0.39 is 0 Å². The largest absolute Gasteiger partial charge is 0.493 e. The van der Waals surface area contributed by atoms with Crippen molar-refractivity contribution in [2.75, 3.05) is 33.9 Å². The monoisotopic (exact) mass is 400 g/mol. The van der Waals surface area contributed by atoms with Gasteiger partial charge in [-0.25, -0.2) is 0 Å². The lowest BCUT2D eigenvalue weighted by molar-refractivity contribution is -0.124. The van der Waals surface area contributed by atoms with Gasteiger partial charge in [-0.1, -0.05) is 12.1 Å². The van der Waals surface area contributed by atoms with Gasteiger partial charge in [0.2, 0.25) is 5.91 Å². The molecule has 0 unspecified atom stereocenters. The number of benzene rings is 2. The van der Waals surface area contributed by atoms with Crippen molar-refractivity contribution >= 4 is 11.8 Å². The normalized spacial score (nSPS) is 10.2. The van der Waals surface area contributed by atoms with Crippen molar-refractivity contribution in [3.8, 4) is 17.2 Å². The van der Waals surface area contributed by atoms with Crippen molar-refractivity contribution in [2.45, 2.75) is 20.3 Å². The van der Waals surface area contributed by atoms with Gasteiger partial charge in [-0.3, -0.25) is 9.59 Å². The van der Waals surface area contributed by atoms with Crippen molar-refractivity contribution < 1.29 is 23.8 Å². The van der Waals surface area contributed by atoms with Crippen molar-refractivity contribution in [1.82, 2.24) is 10.6 Å². The van der Waals surface area contributed by atoms with E-state index in [4.69, 9.17) is 14.2 Å². The minimum absolute atomic E-state index is 0.0674. The lowest BCUT2D eigenvalue weighted by Crippen LogP contribution is -2.37. The standard InChI is InChI=1S/C22H28N2O5/c1-15-5-7-18(11-16(15)2)29-14-22(26)24-10-9-23-21(25)13-17-6-8-19(27-3)20(12-17)28-4/h5-8,11-12H,9-10,13-14H2,1-4H3,(H,23,25)(H,24,26). The van der Waals surface area contributed by atoms with E-state index in [0.29, 0.717) is 30.3 Å². The summed E-state index contributed by atoms with van der Waals surface area (Å²) in [4.78, 5) is 23.9. The second-order valence-electron chi connectivity index (χ2n) is 6.60. The van der Waals surface area contributed by atoms with Gasteiger partial charge in [-0.15, -0.1) is 0 Å². The molecule has 0 fully saturated rings. The molecule has 0 aliphatic rings. The number of hydrogen-bond donors (Lipinski definition) is 2. The Morgan fingerprint density at radius 1 is 0.828 bits per heavy atom. The van der Waals surface area contributed by atoms with Gasteiger partial charge in [-0.2, -0.15) is 0 Å².